The molecule has 26 heavy (non-hydrogen) atoms. The minimum absolute atomic E-state index is 0.100. The molecule has 0 fully saturated rings. The highest BCUT2D eigenvalue weighted by molar-refractivity contribution is 7.15. The van der Waals surface area contributed by atoms with E-state index in [1.54, 1.807) is 17.5 Å². The van der Waals surface area contributed by atoms with Crippen LogP contribution in [0, 0.1) is 6.92 Å². The van der Waals surface area contributed by atoms with Crippen LogP contribution in [0.1, 0.15) is 16.3 Å². The Balaban J connectivity index is 1.88. The highest BCUT2D eigenvalue weighted by Gasteiger charge is 2.32. The summed E-state index contributed by atoms with van der Waals surface area (Å²) >= 11 is 1.56. The van der Waals surface area contributed by atoms with E-state index in [9.17, 15) is 13.2 Å². The normalized spacial score (nSPS) is 11.6. The van der Waals surface area contributed by atoms with Crippen LogP contribution in [0.4, 0.5) is 24.8 Å². The molecular formula is C17H16F3N5S. The summed E-state index contributed by atoms with van der Waals surface area (Å²) in [4.78, 5) is 12.7. The van der Waals surface area contributed by atoms with Crippen molar-refractivity contribution in [3.63, 3.8) is 0 Å². The lowest BCUT2D eigenvalue weighted by Crippen LogP contribution is -2.10. The molecule has 0 amide bonds. The highest BCUT2D eigenvalue weighted by Crippen LogP contribution is 2.31. The zero-order valence-corrected chi connectivity index (χ0v) is 14.9. The van der Waals surface area contributed by atoms with Gasteiger partial charge >= 0.3 is 6.18 Å². The van der Waals surface area contributed by atoms with E-state index in [0.29, 0.717) is 12.2 Å². The van der Waals surface area contributed by atoms with Crippen LogP contribution in [0.25, 0.3) is 10.4 Å². The van der Waals surface area contributed by atoms with Gasteiger partial charge in [-0.15, -0.1) is 11.3 Å². The van der Waals surface area contributed by atoms with Crippen molar-refractivity contribution in [1.82, 2.24) is 20.3 Å². The Morgan fingerprint density at radius 2 is 1.96 bits per heavy atom. The molecule has 3 rings (SSSR count). The summed E-state index contributed by atoms with van der Waals surface area (Å²) in [6.07, 6.45) is -1.64. The number of alkyl halides is 3. The van der Waals surface area contributed by atoms with Crippen LogP contribution in [-0.4, -0.2) is 22.0 Å². The monoisotopic (exact) mass is 379 g/mol. The first-order chi connectivity index (χ1) is 12.3. The van der Waals surface area contributed by atoms with Crippen LogP contribution in [0.5, 0.6) is 0 Å². The average Bonchev–Trinajstić information content (AvgIpc) is 3.03. The maximum Gasteiger partial charge on any atom is 0.433 e. The number of nitrogens with zero attached hydrogens (tertiary/aromatic N) is 3. The molecule has 2 aromatic heterocycles. The largest absolute Gasteiger partial charge is 0.433 e. The van der Waals surface area contributed by atoms with Crippen molar-refractivity contribution >= 4 is 23.0 Å². The topological polar surface area (TPSA) is 62.7 Å². The van der Waals surface area contributed by atoms with Gasteiger partial charge in [-0.1, -0.05) is 6.07 Å². The van der Waals surface area contributed by atoms with Crippen molar-refractivity contribution in [3.05, 3.63) is 52.9 Å². The molecule has 0 aliphatic rings. The van der Waals surface area contributed by atoms with Crippen LogP contribution in [0.2, 0.25) is 0 Å². The molecule has 0 atom stereocenters. The molecule has 9 heteroatoms. The van der Waals surface area contributed by atoms with E-state index in [-0.39, 0.29) is 5.95 Å². The third-order valence-corrected chi connectivity index (χ3v) is 4.49. The number of nitrogens with one attached hydrogen (secondary N) is 2. The molecule has 1 aromatic carbocycles. The number of aromatic nitrogens is 3. The Morgan fingerprint density at radius 1 is 1.15 bits per heavy atom. The molecule has 0 saturated carbocycles. The van der Waals surface area contributed by atoms with Gasteiger partial charge in [0.25, 0.3) is 0 Å². The van der Waals surface area contributed by atoms with Gasteiger partial charge in [-0.05, 0) is 43.3 Å². The van der Waals surface area contributed by atoms with Crippen molar-refractivity contribution in [3.8, 4) is 10.4 Å². The van der Waals surface area contributed by atoms with E-state index in [1.165, 1.54) is 0 Å². The van der Waals surface area contributed by atoms with Gasteiger partial charge in [0, 0.05) is 24.6 Å². The zero-order chi connectivity index (χ0) is 18.7. The molecule has 0 saturated heterocycles. The summed E-state index contributed by atoms with van der Waals surface area (Å²) in [5, 5.41) is 6.86. The van der Waals surface area contributed by atoms with E-state index >= 15 is 0 Å². The number of rotatable bonds is 5. The second kappa shape index (κ2) is 7.38. The van der Waals surface area contributed by atoms with Crippen molar-refractivity contribution < 1.29 is 13.2 Å². The smallest absolute Gasteiger partial charge is 0.324 e. The van der Waals surface area contributed by atoms with Gasteiger partial charge in [0.05, 0.1) is 4.88 Å². The lowest BCUT2D eigenvalue weighted by Gasteiger charge is -2.10. The van der Waals surface area contributed by atoms with Crippen molar-refractivity contribution in [2.24, 2.45) is 0 Å². The second-order valence-corrected chi connectivity index (χ2v) is 6.74. The Morgan fingerprint density at radius 3 is 2.69 bits per heavy atom. The van der Waals surface area contributed by atoms with Crippen molar-refractivity contribution in [2.75, 3.05) is 12.4 Å². The summed E-state index contributed by atoms with van der Waals surface area (Å²) < 4.78 is 38.4. The minimum Gasteiger partial charge on any atom is -0.324 e. The van der Waals surface area contributed by atoms with E-state index in [4.69, 9.17) is 0 Å². The number of halogens is 3. The summed E-state index contributed by atoms with van der Waals surface area (Å²) in [6, 6.07) is 6.50. The number of thiazole rings is 1. The Kier molecular flexibility index (Phi) is 5.19. The van der Waals surface area contributed by atoms with Gasteiger partial charge in [-0.2, -0.15) is 13.2 Å². The van der Waals surface area contributed by atoms with Gasteiger partial charge in [0.1, 0.15) is 10.7 Å². The molecule has 0 bridgehead atoms. The summed E-state index contributed by atoms with van der Waals surface area (Å²) in [7, 11) is 1.85. The Bertz CT molecular complexity index is 907. The number of anilines is 2. The van der Waals surface area contributed by atoms with E-state index in [2.05, 4.69) is 25.6 Å². The van der Waals surface area contributed by atoms with Crippen LogP contribution in [0.15, 0.2) is 36.7 Å². The van der Waals surface area contributed by atoms with Crippen LogP contribution >= 0.6 is 11.3 Å². The fraction of sp³-hybridized carbons (Fsp3) is 0.235. The molecule has 0 unspecified atom stereocenters. The van der Waals surface area contributed by atoms with Gasteiger partial charge in [-0.25, -0.2) is 15.0 Å². The van der Waals surface area contributed by atoms with E-state index in [0.717, 1.165) is 33.3 Å². The van der Waals surface area contributed by atoms with Crippen LogP contribution in [0.3, 0.4) is 0 Å². The number of hydrogen-bond donors (Lipinski definition) is 2. The summed E-state index contributed by atoms with van der Waals surface area (Å²) in [5.74, 6) is -0.100. The maximum absolute atomic E-state index is 12.8. The fourth-order valence-electron chi connectivity index (χ4n) is 2.38. The molecule has 0 spiro atoms. The zero-order valence-electron chi connectivity index (χ0n) is 14.1. The Labute approximate surface area is 152 Å². The molecule has 2 N–H and O–H groups in total. The molecule has 2 heterocycles. The van der Waals surface area contributed by atoms with Gasteiger partial charge in [0.2, 0.25) is 5.95 Å². The van der Waals surface area contributed by atoms with Crippen molar-refractivity contribution in [1.29, 1.82) is 0 Å². The van der Waals surface area contributed by atoms with Crippen molar-refractivity contribution in [2.45, 2.75) is 19.6 Å². The van der Waals surface area contributed by atoms with E-state index in [1.807, 2.05) is 32.2 Å². The maximum atomic E-state index is 12.8. The third kappa shape index (κ3) is 4.36. The highest BCUT2D eigenvalue weighted by atomic mass is 32.1. The molecule has 5 nitrogen and oxygen atoms in total. The lowest BCUT2D eigenvalue weighted by atomic mass is 10.1. The average molecular weight is 379 g/mol. The number of hydrogen-bond acceptors (Lipinski definition) is 6. The SMILES string of the molecule is CNCc1ncc(-c2cc(C)cc(Nc3nccc(C(F)(F)F)n3)c2)s1. The minimum atomic E-state index is -4.51. The molecule has 136 valence electrons. The molecule has 3 aromatic rings. The summed E-state index contributed by atoms with van der Waals surface area (Å²) in [5.41, 5.74) is 1.52. The third-order valence-electron chi connectivity index (χ3n) is 3.45. The van der Waals surface area contributed by atoms with Crippen LogP contribution in [-0.2, 0) is 12.7 Å². The van der Waals surface area contributed by atoms with E-state index < -0.39 is 11.9 Å². The first-order valence-corrected chi connectivity index (χ1v) is 8.55. The predicted octanol–water partition coefficient (Wildman–Crippen LogP) is 4.39. The first-order valence-electron chi connectivity index (χ1n) is 7.74. The Hall–Kier alpha value is -2.52. The summed E-state index contributed by atoms with van der Waals surface area (Å²) in [6.45, 7) is 2.59. The predicted molar refractivity (Wildman–Crippen MR) is 95.4 cm³/mol. The van der Waals surface area contributed by atoms with Gasteiger partial charge in [0.15, 0.2) is 0 Å². The molecule has 0 aliphatic carbocycles. The standard InChI is InChI=1S/C17H16F3N5S/c1-10-5-11(13-8-23-15(26-13)9-21-2)7-12(6-10)24-16-22-4-3-14(25-16)17(18,19)20/h3-8,21H,9H2,1-2H3,(H,22,24,25). The number of aryl methyl sites for hydroxylation is 1. The fourth-order valence-corrected chi connectivity index (χ4v) is 3.30. The molecule has 0 aliphatic heterocycles. The van der Waals surface area contributed by atoms with Gasteiger partial charge < -0.3 is 10.6 Å². The molecule has 0 radical (unpaired) electrons. The first kappa shape index (κ1) is 18.3. The second-order valence-electron chi connectivity index (χ2n) is 5.62. The quantitative estimate of drug-likeness (QED) is 0.688. The van der Waals surface area contributed by atoms with Crippen LogP contribution < -0.4 is 10.6 Å². The lowest BCUT2D eigenvalue weighted by molar-refractivity contribution is -0.141. The number of benzene rings is 1. The van der Waals surface area contributed by atoms with Gasteiger partial charge in [-0.3, -0.25) is 0 Å². The molecular weight excluding hydrogens is 363 g/mol.